The highest BCUT2D eigenvalue weighted by molar-refractivity contribution is 5.94. The Kier molecular flexibility index (Phi) is 4.80. The summed E-state index contributed by atoms with van der Waals surface area (Å²) in [5.74, 6) is -2.06. The molecule has 22 heavy (non-hydrogen) atoms. The second-order valence-electron chi connectivity index (χ2n) is 4.68. The van der Waals surface area contributed by atoms with Crippen LogP contribution >= 0.6 is 0 Å². The smallest absolute Gasteiger partial charge is 0.352 e. The van der Waals surface area contributed by atoms with Crippen molar-refractivity contribution in [1.82, 2.24) is 5.32 Å². The molecule has 0 saturated heterocycles. The van der Waals surface area contributed by atoms with Crippen LogP contribution in [0.25, 0.3) is 0 Å². The van der Waals surface area contributed by atoms with Gasteiger partial charge < -0.3 is 5.32 Å². The van der Waals surface area contributed by atoms with E-state index in [1.165, 1.54) is 0 Å². The number of benzene rings is 2. The molecule has 0 bridgehead atoms. The maximum Gasteiger partial charge on any atom is 0.419 e. The van der Waals surface area contributed by atoms with Crippen molar-refractivity contribution in [3.63, 3.8) is 0 Å². The van der Waals surface area contributed by atoms with Gasteiger partial charge >= 0.3 is 6.18 Å². The molecule has 0 aliphatic rings. The Morgan fingerprint density at radius 1 is 1.05 bits per heavy atom. The Balaban J connectivity index is 2.01. The molecule has 0 fully saturated rings. The normalized spacial score (nSPS) is 11.3. The zero-order chi connectivity index (χ0) is 16.2. The molecule has 116 valence electrons. The van der Waals surface area contributed by atoms with Gasteiger partial charge in [-0.25, -0.2) is 4.39 Å². The third kappa shape index (κ3) is 4.07. The molecule has 0 aliphatic heterocycles. The van der Waals surface area contributed by atoms with Crippen LogP contribution in [0.5, 0.6) is 0 Å². The minimum atomic E-state index is -4.83. The molecule has 0 saturated carbocycles. The maximum absolute atomic E-state index is 13.2. The summed E-state index contributed by atoms with van der Waals surface area (Å²) < 4.78 is 50.9. The zero-order valence-electron chi connectivity index (χ0n) is 11.5. The Labute approximate surface area is 124 Å². The number of hydrogen-bond donors (Lipinski definition) is 1. The van der Waals surface area contributed by atoms with Crippen LogP contribution in [0, 0.1) is 5.82 Å². The molecule has 0 unspecified atom stereocenters. The largest absolute Gasteiger partial charge is 0.419 e. The molecule has 2 nitrogen and oxygen atoms in total. The lowest BCUT2D eigenvalue weighted by molar-refractivity contribution is -0.140. The van der Waals surface area contributed by atoms with Crippen LogP contribution in [0.3, 0.4) is 0 Å². The van der Waals surface area contributed by atoms with E-state index in [2.05, 4.69) is 5.32 Å². The van der Waals surface area contributed by atoms with Crippen LogP contribution in [0.4, 0.5) is 17.6 Å². The van der Waals surface area contributed by atoms with Crippen LogP contribution in [0.1, 0.15) is 21.5 Å². The Hall–Kier alpha value is -2.37. The molecule has 1 N–H and O–H groups in total. The standard InChI is InChI=1S/C16H13F4NO/c17-14-7-6-12(10-13(14)16(18,19)20)15(22)21-9-8-11-4-2-1-3-5-11/h1-7,10H,8-9H2,(H,21,22). The number of alkyl halides is 3. The van der Waals surface area contributed by atoms with Gasteiger partial charge in [0.15, 0.2) is 0 Å². The Morgan fingerprint density at radius 3 is 2.36 bits per heavy atom. The van der Waals surface area contributed by atoms with Gasteiger partial charge in [0.05, 0.1) is 5.56 Å². The fourth-order valence-electron chi connectivity index (χ4n) is 1.95. The van der Waals surface area contributed by atoms with E-state index in [0.29, 0.717) is 18.6 Å². The van der Waals surface area contributed by atoms with Crippen molar-refractivity contribution in [1.29, 1.82) is 0 Å². The van der Waals surface area contributed by atoms with E-state index in [1.54, 1.807) is 0 Å². The summed E-state index contributed by atoms with van der Waals surface area (Å²) in [5, 5.41) is 2.52. The quantitative estimate of drug-likeness (QED) is 0.855. The topological polar surface area (TPSA) is 29.1 Å². The predicted octanol–water partition coefficient (Wildman–Crippen LogP) is 3.82. The first-order valence-electron chi connectivity index (χ1n) is 6.57. The van der Waals surface area contributed by atoms with E-state index in [9.17, 15) is 22.4 Å². The van der Waals surface area contributed by atoms with Crippen LogP contribution in [-0.2, 0) is 12.6 Å². The summed E-state index contributed by atoms with van der Waals surface area (Å²) in [6.07, 6.45) is -4.27. The van der Waals surface area contributed by atoms with Crippen molar-refractivity contribution in [3.8, 4) is 0 Å². The number of rotatable bonds is 4. The van der Waals surface area contributed by atoms with Gasteiger partial charge in [-0.05, 0) is 30.2 Å². The molecule has 6 heteroatoms. The van der Waals surface area contributed by atoms with Crippen molar-refractivity contribution in [2.45, 2.75) is 12.6 Å². The molecular formula is C16H13F4NO. The van der Waals surface area contributed by atoms with Gasteiger partial charge in [0.25, 0.3) is 5.91 Å². The van der Waals surface area contributed by atoms with Crippen molar-refractivity contribution < 1.29 is 22.4 Å². The number of nitrogens with one attached hydrogen (secondary N) is 1. The van der Waals surface area contributed by atoms with Crippen LogP contribution < -0.4 is 5.32 Å². The molecule has 0 atom stereocenters. The summed E-state index contributed by atoms with van der Waals surface area (Å²) in [4.78, 5) is 11.8. The minimum absolute atomic E-state index is 0.221. The van der Waals surface area contributed by atoms with Gasteiger partial charge in [0.1, 0.15) is 5.82 Å². The monoisotopic (exact) mass is 311 g/mol. The molecule has 0 heterocycles. The Bertz CT molecular complexity index is 653. The van der Waals surface area contributed by atoms with Crippen LogP contribution in [0.2, 0.25) is 0 Å². The summed E-state index contributed by atoms with van der Waals surface area (Å²) in [6, 6.07) is 11.5. The highest BCUT2D eigenvalue weighted by Crippen LogP contribution is 2.31. The highest BCUT2D eigenvalue weighted by atomic mass is 19.4. The molecule has 2 aromatic carbocycles. The molecule has 0 spiro atoms. The SMILES string of the molecule is O=C(NCCc1ccccc1)c1ccc(F)c(C(F)(F)F)c1. The van der Waals surface area contributed by atoms with Gasteiger partial charge in [0, 0.05) is 12.1 Å². The lowest BCUT2D eigenvalue weighted by Gasteiger charge is -2.10. The second kappa shape index (κ2) is 6.60. The van der Waals surface area contributed by atoms with Crippen molar-refractivity contribution in [2.24, 2.45) is 0 Å². The first kappa shape index (κ1) is 16.0. The zero-order valence-corrected chi connectivity index (χ0v) is 11.5. The number of carbonyl (C=O) groups excluding carboxylic acids is 1. The summed E-state index contributed by atoms with van der Waals surface area (Å²) in [6.45, 7) is 0.279. The summed E-state index contributed by atoms with van der Waals surface area (Å²) in [5.41, 5.74) is -0.664. The molecule has 2 aromatic rings. The molecular weight excluding hydrogens is 298 g/mol. The van der Waals surface area contributed by atoms with E-state index in [1.807, 2.05) is 30.3 Å². The number of carbonyl (C=O) groups is 1. The number of halogens is 4. The van der Waals surface area contributed by atoms with E-state index < -0.39 is 23.5 Å². The lowest BCUT2D eigenvalue weighted by atomic mass is 10.1. The number of amides is 1. The third-order valence-electron chi connectivity index (χ3n) is 3.08. The maximum atomic E-state index is 13.2. The first-order chi connectivity index (χ1) is 10.4. The van der Waals surface area contributed by atoms with E-state index in [4.69, 9.17) is 0 Å². The minimum Gasteiger partial charge on any atom is -0.352 e. The first-order valence-corrected chi connectivity index (χ1v) is 6.57. The lowest BCUT2D eigenvalue weighted by Crippen LogP contribution is -2.26. The molecule has 0 radical (unpaired) electrons. The summed E-state index contributed by atoms with van der Waals surface area (Å²) >= 11 is 0. The van der Waals surface area contributed by atoms with Crippen molar-refractivity contribution >= 4 is 5.91 Å². The third-order valence-corrected chi connectivity index (χ3v) is 3.08. The highest BCUT2D eigenvalue weighted by Gasteiger charge is 2.34. The van der Waals surface area contributed by atoms with Crippen molar-refractivity contribution in [2.75, 3.05) is 6.54 Å². The van der Waals surface area contributed by atoms with Crippen molar-refractivity contribution in [3.05, 3.63) is 71.0 Å². The van der Waals surface area contributed by atoms with E-state index in [-0.39, 0.29) is 12.1 Å². The fraction of sp³-hybridized carbons (Fsp3) is 0.188. The average Bonchev–Trinajstić information content (AvgIpc) is 2.47. The van der Waals surface area contributed by atoms with Gasteiger partial charge in [0.2, 0.25) is 0 Å². The van der Waals surface area contributed by atoms with Crippen LogP contribution in [-0.4, -0.2) is 12.5 Å². The van der Waals surface area contributed by atoms with E-state index in [0.717, 1.165) is 11.6 Å². The van der Waals surface area contributed by atoms with Gasteiger partial charge in [-0.3, -0.25) is 4.79 Å². The molecule has 1 amide bonds. The van der Waals surface area contributed by atoms with Gasteiger partial charge in [-0.2, -0.15) is 13.2 Å². The van der Waals surface area contributed by atoms with Gasteiger partial charge in [-0.1, -0.05) is 30.3 Å². The fourth-order valence-corrected chi connectivity index (χ4v) is 1.95. The molecule has 2 rings (SSSR count). The Morgan fingerprint density at radius 2 is 1.73 bits per heavy atom. The molecule has 0 aromatic heterocycles. The molecule has 0 aliphatic carbocycles. The summed E-state index contributed by atoms with van der Waals surface area (Å²) in [7, 11) is 0. The predicted molar refractivity (Wildman–Crippen MR) is 73.9 cm³/mol. The van der Waals surface area contributed by atoms with Gasteiger partial charge in [-0.15, -0.1) is 0 Å². The van der Waals surface area contributed by atoms with E-state index >= 15 is 0 Å². The number of hydrogen-bond acceptors (Lipinski definition) is 1. The average molecular weight is 311 g/mol. The second-order valence-corrected chi connectivity index (χ2v) is 4.68. The van der Waals surface area contributed by atoms with Crippen LogP contribution in [0.15, 0.2) is 48.5 Å².